The van der Waals surface area contributed by atoms with Crippen molar-refractivity contribution in [2.45, 2.75) is 124 Å². The summed E-state index contributed by atoms with van der Waals surface area (Å²) in [6.45, 7) is 11.9. The summed E-state index contributed by atoms with van der Waals surface area (Å²) >= 11 is 0. The van der Waals surface area contributed by atoms with Crippen LogP contribution in [0.4, 0.5) is 23.5 Å². The molecule has 2 aliphatic carbocycles. The van der Waals surface area contributed by atoms with Gasteiger partial charge in [0.2, 0.25) is 17.8 Å². The van der Waals surface area contributed by atoms with Gasteiger partial charge in [0.15, 0.2) is 0 Å². The molecule has 2 aliphatic heterocycles. The molecule has 2 saturated carbocycles. The smallest absolute Gasteiger partial charge is 0.310 e. The molecule has 72 heavy (non-hydrogen) atoms. The van der Waals surface area contributed by atoms with E-state index in [0.29, 0.717) is 37.1 Å². The van der Waals surface area contributed by atoms with Gasteiger partial charge in [-0.15, -0.1) is 0 Å². The Hall–Kier alpha value is -7.47. The summed E-state index contributed by atoms with van der Waals surface area (Å²) in [5, 5.41) is 14.5. The first-order valence-electron chi connectivity index (χ1n) is 25.3. The Morgan fingerprint density at radius 2 is 1.10 bits per heavy atom. The first-order valence-corrected chi connectivity index (χ1v) is 25.3. The molecule has 8 aromatic rings. The maximum absolute atomic E-state index is 11.7. The SMILES string of the molecule is CC(=O)N1CCc2nc(Nc3ncc4c5ccncc5n(C5CCC(C)CC5)c4n3)ccc2C1.CC(=O)OC(C)=O.CC1CCC(n2c3cnccc3c3cnc(Nc4ccc5c(n4)CCNC5)nc32)CC1. The van der Waals surface area contributed by atoms with E-state index in [1.165, 1.54) is 63.3 Å². The monoisotopic (exact) mass is 971 g/mol. The highest BCUT2D eigenvalue weighted by molar-refractivity contribution is 6.07. The second-order valence-corrected chi connectivity index (χ2v) is 19.8. The predicted molar refractivity (Wildman–Crippen MR) is 277 cm³/mol. The van der Waals surface area contributed by atoms with Gasteiger partial charge in [-0.25, -0.2) is 19.9 Å². The molecular formula is C54H62N14O4. The van der Waals surface area contributed by atoms with Gasteiger partial charge in [0.1, 0.15) is 22.9 Å². The molecule has 1 amide bonds. The highest BCUT2D eigenvalue weighted by Gasteiger charge is 2.27. The predicted octanol–water partition coefficient (Wildman–Crippen LogP) is 9.38. The molecule has 2 fully saturated rings. The average molecular weight is 971 g/mol. The van der Waals surface area contributed by atoms with Crippen molar-refractivity contribution in [3.8, 4) is 0 Å². The third kappa shape index (κ3) is 10.4. The van der Waals surface area contributed by atoms with Crippen LogP contribution in [0.3, 0.4) is 0 Å². The molecule has 3 N–H and O–H groups in total. The number of pyridine rings is 4. The molecule has 0 aromatic carbocycles. The van der Waals surface area contributed by atoms with E-state index in [0.717, 1.165) is 118 Å². The lowest BCUT2D eigenvalue weighted by Crippen LogP contribution is -2.34. The van der Waals surface area contributed by atoms with E-state index in [4.69, 9.17) is 19.9 Å². The quantitative estimate of drug-likeness (QED) is 0.105. The van der Waals surface area contributed by atoms with Crippen molar-refractivity contribution in [3.63, 3.8) is 0 Å². The number of aromatic nitrogens is 10. The van der Waals surface area contributed by atoms with Crippen LogP contribution in [0.1, 0.15) is 121 Å². The van der Waals surface area contributed by atoms with Crippen LogP contribution in [0.2, 0.25) is 0 Å². The topological polar surface area (TPSA) is 213 Å². The zero-order chi connectivity index (χ0) is 49.9. The van der Waals surface area contributed by atoms with Crippen LogP contribution < -0.4 is 16.0 Å². The standard InChI is InChI=1S/C26H29N7O.C24H27N7.C4H6O3/c1-16-3-6-19(7-4-16)33-23-14-27-11-9-20(23)21-13-28-26(31-25(21)33)30-24-8-5-18-15-32(17(2)34)12-10-22(18)29-24;1-15-2-5-17(6-3-15)31-21-14-26-10-8-18(21)19-13-27-24(30-23(19)31)29-22-7-4-16-12-25-11-9-20(16)28-22;1-3(5)7-4(2)6/h5,8-9,11,13-14,16,19H,3-4,6-7,10,12,15H2,1-2H3,(H,28,29,30,31);4,7-8,10,13-15,17,25H,2-3,5-6,9,11-12H2,1H3,(H,27,28,29,30);1-2H3. The van der Waals surface area contributed by atoms with Crippen LogP contribution in [-0.4, -0.2) is 84.8 Å². The normalized spacial score (nSPS) is 19.6. The van der Waals surface area contributed by atoms with Crippen LogP contribution in [0.25, 0.3) is 43.9 Å². The molecule has 18 nitrogen and oxygen atoms in total. The van der Waals surface area contributed by atoms with Gasteiger partial charge in [-0.1, -0.05) is 26.0 Å². The number of amides is 1. The Bertz CT molecular complexity index is 3290. The van der Waals surface area contributed by atoms with E-state index in [1.54, 1.807) is 6.92 Å². The number of anilines is 4. The lowest BCUT2D eigenvalue weighted by molar-refractivity contribution is -0.156. The van der Waals surface area contributed by atoms with E-state index in [-0.39, 0.29) is 5.91 Å². The fraction of sp³-hybridized carbons (Fsp3) is 0.426. The number of hydrogen-bond donors (Lipinski definition) is 3. The summed E-state index contributed by atoms with van der Waals surface area (Å²) in [7, 11) is 0. The molecule has 372 valence electrons. The van der Waals surface area contributed by atoms with Crippen molar-refractivity contribution in [3.05, 3.63) is 96.1 Å². The Balaban J connectivity index is 0.000000147. The third-order valence-electron chi connectivity index (χ3n) is 14.6. The molecule has 4 aliphatic rings. The Morgan fingerprint density at radius 1 is 0.597 bits per heavy atom. The van der Waals surface area contributed by atoms with Crippen LogP contribution in [-0.2, 0) is 45.1 Å². The molecule has 18 heteroatoms. The minimum absolute atomic E-state index is 0.104. The highest BCUT2D eigenvalue weighted by Crippen LogP contribution is 2.40. The van der Waals surface area contributed by atoms with Gasteiger partial charge in [0.25, 0.3) is 0 Å². The third-order valence-corrected chi connectivity index (χ3v) is 14.6. The van der Waals surface area contributed by atoms with Gasteiger partial charge in [-0.2, -0.15) is 9.97 Å². The van der Waals surface area contributed by atoms with Crippen LogP contribution in [0, 0.1) is 11.8 Å². The lowest BCUT2D eigenvalue weighted by atomic mass is 9.87. The Labute approximate surface area is 417 Å². The van der Waals surface area contributed by atoms with E-state index in [2.05, 4.69) is 81.8 Å². The van der Waals surface area contributed by atoms with Gasteiger partial charge in [-0.3, -0.25) is 24.4 Å². The van der Waals surface area contributed by atoms with Gasteiger partial charge >= 0.3 is 11.9 Å². The average Bonchev–Trinajstić information content (AvgIpc) is 3.88. The van der Waals surface area contributed by atoms with Crippen molar-refractivity contribution in [2.24, 2.45) is 11.8 Å². The van der Waals surface area contributed by atoms with E-state index >= 15 is 0 Å². The lowest BCUT2D eigenvalue weighted by Gasteiger charge is -2.28. The molecular weight excluding hydrogens is 909 g/mol. The van der Waals surface area contributed by atoms with Crippen molar-refractivity contribution in [2.75, 3.05) is 23.7 Å². The van der Waals surface area contributed by atoms with Crippen molar-refractivity contribution in [1.82, 2.24) is 59.2 Å². The Morgan fingerprint density at radius 3 is 1.58 bits per heavy atom. The molecule has 10 heterocycles. The zero-order valence-corrected chi connectivity index (χ0v) is 41.7. The number of nitrogens with one attached hydrogen (secondary N) is 3. The van der Waals surface area contributed by atoms with E-state index in [1.807, 2.05) is 60.3 Å². The first-order chi connectivity index (χ1) is 34.9. The van der Waals surface area contributed by atoms with Crippen LogP contribution in [0.5, 0.6) is 0 Å². The molecule has 8 aromatic heterocycles. The summed E-state index contributed by atoms with van der Waals surface area (Å²) in [6, 6.07) is 13.2. The van der Waals surface area contributed by atoms with E-state index < -0.39 is 11.9 Å². The molecule has 0 spiro atoms. The van der Waals surface area contributed by atoms with Gasteiger partial charge in [0, 0.05) is 130 Å². The number of esters is 2. The number of carbonyl (C=O) groups excluding carboxylic acids is 3. The molecule has 12 rings (SSSR count). The fourth-order valence-corrected chi connectivity index (χ4v) is 10.8. The Kier molecular flexibility index (Phi) is 14.1. The van der Waals surface area contributed by atoms with Gasteiger partial charge in [0.05, 0.1) is 23.4 Å². The maximum Gasteiger partial charge on any atom is 0.310 e. The molecule has 0 unspecified atom stereocenters. The first kappa shape index (κ1) is 48.2. The molecule has 0 radical (unpaired) electrons. The number of carbonyl (C=O) groups is 3. The fourth-order valence-electron chi connectivity index (χ4n) is 10.8. The number of nitrogens with zero attached hydrogens (tertiary/aromatic N) is 11. The van der Waals surface area contributed by atoms with Crippen molar-refractivity contribution < 1.29 is 19.1 Å². The minimum atomic E-state index is -0.562. The van der Waals surface area contributed by atoms with E-state index in [9.17, 15) is 14.4 Å². The van der Waals surface area contributed by atoms with Crippen LogP contribution in [0.15, 0.2) is 73.6 Å². The maximum atomic E-state index is 11.7. The van der Waals surface area contributed by atoms with Crippen molar-refractivity contribution >= 4 is 85.3 Å². The summed E-state index contributed by atoms with van der Waals surface area (Å²) in [5.74, 6) is 3.23. The van der Waals surface area contributed by atoms with Gasteiger partial charge < -0.3 is 34.7 Å². The molecule has 0 saturated heterocycles. The highest BCUT2D eigenvalue weighted by atomic mass is 16.6. The van der Waals surface area contributed by atoms with Gasteiger partial charge in [-0.05, 0) is 98.6 Å². The summed E-state index contributed by atoms with van der Waals surface area (Å²) in [5.41, 5.74) is 8.78. The molecule has 0 atom stereocenters. The summed E-state index contributed by atoms with van der Waals surface area (Å²) in [4.78, 5) is 70.8. The zero-order valence-electron chi connectivity index (χ0n) is 41.7. The minimum Gasteiger partial charge on any atom is -0.394 e. The summed E-state index contributed by atoms with van der Waals surface area (Å²) < 4.78 is 8.76. The number of ether oxygens (including phenoxy) is 1. The second kappa shape index (κ2) is 21.1. The number of fused-ring (bicyclic) bond motifs is 8. The number of hydrogen-bond acceptors (Lipinski definition) is 15. The number of rotatable bonds is 6. The summed E-state index contributed by atoms with van der Waals surface area (Å²) in [6.07, 6.45) is 22.9. The molecule has 0 bridgehead atoms. The van der Waals surface area contributed by atoms with Crippen LogP contribution >= 0.6 is 0 Å². The second-order valence-electron chi connectivity index (χ2n) is 19.8. The largest absolute Gasteiger partial charge is 0.394 e. The van der Waals surface area contributed by atoms with Crippen molar-refractivity contribution in [1.29, 1.82) is 0 Å².